The number of benzene rings is 3. The topological polar surface area (TPSA) is 89.6 Å². The van der Waals surface area contributed by atoms with Gasteiger partial charge in [-0.1, -0.05) is 72.8 Å². The number of ether oxygens (including phenoxy) is 1. The van der Waals surface area contributed by atoms with Gasteiger partial charge in [0, 0.05) is 12.0 Å². The maximum atomic E-state index is 12.8. The molecule has 31 heavy (non-hydrogen) atoms. The zero-order valence-corrected chi connectivity index (χ0v) is 17.3. The average molecular weight is 415 g/mol. The third-order valence-electron chi connectivity index (χ3n) is 6.02. The minimum Gasteiger partial charge on any atom is -0.481 e. The first-order chi connectivity index (χ1) is 15.0. The number of carbonyl (C=O) groups is 2. The zero-order valence-electron chi connectivity index (χ0n) is 17.3. The smallest absolute Gasteiger partial charge is 0.321 e. The molecule has 0 aromatic heterocycles. The summed E-state index contributed by atoms with van der Waals surface area (Å²) in [5.41, 5.74) is 12.5. The second-order valence-corrected chi connectivity index (χ2v) is 7.97. The Labute approximate surface area is 181 Å². The van der Waals surface area contributed by atoms with Crippen molar-refractivity contribution >= 4 is 11.9 Å². The van der Waals surface area contributed by atoms with Crippen LogP contribution in [0.2, 0.25) is 0 Å². The van der Waals surface area contributed by atoms with E-state index in [-0.39, 0.29) is 18.9 Å². The molecule has 2 atom stereocenters. The number of esters is 1. The monoisotopic (exact) mass is 415 g/mol. The molecule has 5 heteroatoms. The van der Waals surface area contributed by atoms with Gasteiger partial charge in [-0.25, -0.2) is 0 Å². The normalized spacial score (nSPS) is 14.4. The fraction of sp³-hybridized carbons (Fsp3) is 0.231. The molecule has 1 aliphatic rings. The van der Waals surface area contributed by atoms with Crippen LogP contribution in [0.3, 0.4) is 0 Å². The summed E-state index contributed by atoms with van der Waals surface area (Å²) in [5, 5.41) is 9.69. The fourth-order valence-electron chi connectivity index (χ4n) is 4.36. The number of carboxylic acids is 1. The summed E-state index contributed by atoms with van der Waals surface area (Å²) in [4.78, 5) is 24.7. The molecule has 0 radical (unpaired) electrons. The van der Waals surface area contributed by atoms with E-state index in [1.165, 1.54) is 0 Å². The minimum atomic E-state index is -1.42. The average Bonchev–Trinajstić information content (AvgIpc) is 3.07. The van der Waals surface area contributed by atoms with Crippen LogP contribution in [0, 0.1) is 12.8 Å². The van der Waals surface area contributed by atoms with Gasteiger partial charge in [0.1, 0.15) is 6.61 Å². The number of hydrogen-bond donors (Lipinski definition) is 2. The third-order valence-corrected chi connectivity index (χ3v) is 6.02. The molecule has 4 rings (SSSR count). The number of aryl methyl sites for hydroxylation is 1. The summed E-state index contributed by atoms with van der Waals surface area (Å²) in [6.07, 6.45) is 0.286. The third kappa shape index (κ3) is 4.09. The SMILES string of the molecule is Cc1ccccc1C[C@@H](N)[C@@H](C(=O)O)C(=O)OCC1c2ccccc2-c2ccccc21. The van der Waals surface area contributed by atoms with Gasteiger partial charge in [0.2, 0.25) is 0 Å². The lowest BCUT2D eigenvalue weighted by molar-refractivity contribution is -0.159. The Morgan fingerprint density at radius 3 is 2.06 bits per heavy atom. The Bertz CT molecular complexity index is 1080. The largest absolute Gasteiger partial charge is 0.481 e. The maximum absolute atomic E-state index is 12.8. The molecule has 0 bridgehead atoms. The second-order valence-electron chi connectivity index (χ2n) is 7.97. The minimum absolute atomic E-state index is 0.0771. The van der Waals surface area contributed by atoms with E-state index in [9.17, 15) is 14.7 Å². The molecule has 3 N–H and O–H groups in total. The number of fused-ring (bicyclic) bond motifs is 3. The molecular formula is C26H25NO4. The molecule has 0 aliphatic heterocycles. The van der Waals surface area contributed by atoms with Crippen LogP contribution in [-0.4, -0.2) is 29.7 Å². The Morgan fingerprint density at radius 1 is 0.935 bits per heavy atom. The Kier molecular flexibility index (Phi) is 5.87. The summed E-state index contributed by atoms with van der Waals surface area (Å²) >= 11 is 0. The fourth-order valence-corrected chi connectivity index (χ4v) is 4.36. The van der Waals surface area contributed by atoms with Crippen LogP contribution in [0.5, 0.6) is 0 Å². The van der Waals surface area contributed by atoms with Gasteiger partial charge in [0.15, 0.2) is 5.92 Å². The predicted molar refractivity (Wildman–Crippen MR) is 119 cm³/mol. The van der Waals surface area contributed by atoms with Gasteiger partial charge < -0.3 is 15.6 Å². The zero-order chi connectivity index (χ0) is 22.0. The lowest BCUT2D eigenvalue weighted by Crippen LogP contribution is -2.43. The van der Waals surface area contributed by atoms with Crippen molar-refractivity contribution in [3.63, 3.8) is 0 Å². The van der Waals surface area contributed by atoms with Crippen molar-refractivity contribution in [3.05, 3.63) is 95.1 Å². The molecular weight excluding hydrogens is 390 g/mol. The van der Waals surface area contributed by atoms with Gasteiger partial charge in [0.05, 0.1) is 0 Å². The highest BCUT2D eigenvalue weighted by Crippen LogP contribution is 2.44. The van der Waals surface area contributed by atoms with Gasteiger partial charge in [-0.15, -0.1) is 0 Å². The molecule has 3 aromatic carbocycles. The van der Waals surface area contributed by atoms with E-state index < -0.39 is 23.9 Å². The molecule has 0 fully saturated rings. The predicted octanol–water partition coefficient (Wildman–Crippen LogP) is 3.92. The highest BCUT2D eigenvalue weighted by atomic mass is 16.5. The van der Waals surface area contributed by atoms with Crippen LogP contribution in [-0.2, 0) is 20.7 Å². The summed E-state index contributed by atoms with van der Waals surface area (Å²) < 4.78 is 5.55. The van der Waals surface area contributed by atoms with Crippen LogP contribution in [0.4, 0.5) is 0 Å². The molecule has 0 saturated heterocycles. The Hall–Kier alpha value is -3.44. The van der Waals surface area contributed by atoms with Gasteiger partial charge in [-0.05, 0) is 46.7 Å². The van der Waals surface area contributed by atoms with Crippen molar-refractivity contribution < 1.29 is 19.4 Å². The number of carboxylic acid groups (broad SMARTS) is 1. The van der Waals surface area contributed by atoms with Crippen molar-refractivity contribution in [3.8, 4) is 11.1 Å². The number of aliphatic carboxylic acids is 1. The molecule has 0 amide bonds. The lowest BCUT2D eigenvalue weighted by atomic mass is 9.92. The van der Waals surface area contributed by atoms with Crippen LogP contribution in [0.1, 0.15) is 28.2 Å². The number of hydrogen-bond acceptors (Lipinski definition) is 4. The van der Waals surface area contributed by atoms with E-state index in [0.29, 0.717) is 0 Å². The molecule has 0 saturated carbocycles. The van der Waals surface area contributed by atoms with Crippen molar-refractivity contribution in [2.24, 2.45) is 11.7 Å². The highest BCUT2D eigenvalue weighted by Gasteiger charge is 2.36. The van der Waals surface area contributed by atoms with Gasteiger partial charge in [0.25, 0.3) is 0 Å². The van der Waals surface area contributed by atoms with E-state index >= 15 is 0 Å². The van der Waals surface area contributed by atoms with Crippen LogP contribution >= 0.6 is 0 Å². The van der Waals surface area contributed by atoms with Crippen molar-refractivity contribution in [2.75, 3.05) is 6.61 Å². The molecule has 5 nitrogen and oxygen atoms in total. The van der Waals surface area contributed by atoms with E-state index in [2.05, 4.69) is 0 Å². The van der Waals surface area contributed by atoms with E-state index in [1.807, 2.05) is 79.7 Å². The van der Waals surface area contributed by atoms with Crippen molar-refractivity contribution in [1.82, 2.24) is 0 Å². The summed E-state index contributed by atoms with van der Waals surface area (Å²) in [6, 6.07) is 22.7. The maximum Gasteiger partial charge on any atom is 0.321 e. The van der Waals surface area contributed by atoms with E-state index in [4.69, 9.17) is 10.5 Å². The van der Waals surface area contributed by atoms with Crippen LogP contribution < -0.4 is 5.73 Å². The molecule has 158 valence electrons. The molecule has 0 heterocycles. The quantitative estimate of drug-likeness (QED) is 0.451. The highest BCUT2D eigenvalue weighted by molar-refractivity contribution is 5.95. The summed E-state index contributed by atoms with van der Waals surface area (Å²) in [6.45, 7) is 2.01. The summed E-state index contributed by atoms with van der Waals surface area (Å²) in [5.74, 6) is -3.61. The first kappa shape index (κ1) is 20.8. The van der Waals surface area contributed by atoms with E-state index in [0.717, 1.165) is 33.4 Å². The van der Waals surface area contributed by atoms with Crippen LogP contribution in [0.25, 0.3) is 11.1 Å². The summed E-state index contributed by atoms with van der Waals surface area (Å²) in [7, 11) is 0. The second kappa shape index (κ2) is 8.74. The Morgan fingerprint density at radius 2 is 1.48 bits per heavy atom. The standard InChI is InChI=1S/C26H25NO4/c1-16-8-2-3-9-17(16)14-23(27)24(25(28)29)26(30)31-15-22-20-12-6-4-10-18(20)19-11-5-7-13-21(19)22/h2-13,22-24H,14-15,27H2,1H3,(H,28,29)/t23-,24+/m1/s1. The first-order valence-corrected chi connectivity index (χ1v) is 10.3. The first-order valence-electron chi connectivity index (χ1n) is 10.3. The van der Waals surface area contributed by atoms with E-state index in [1.54, 1.807) is 0 Å². The molecule has 3 aromatic rings. The molecule has 0 unspecified atom stereocenters. The molecule has 1 aliphatic carbocycles. The number of carbonyl (C=O) groups excluding carboxylic acids is 1. The lowest BCUT2D eigenvalue weighted by Gasteiger charge is -2.21. The van der Waals surface area contributed by atoms with Gasteiger partial charge >= 0.3 is 11.9 Å². The van der Waals surface area contributed by atoms with Gasteiger partial charge in [-0.3, -0.25) is 9.59 Å². The van der Waals surface area contributed by atoms with Crippen molar-refractivity contribution in [1.29, 1.82) is 0 Å². The Balaban J connectivity index is 1.50. The molecule has 0 spiro atoms. The van der Waals surface area contributed by atoms with Gasteiger partial charge in [-0.2, -0.15) is 0 Å². The van der Waals surface area contributed by atoms with Crippen LogP contribution in [0.15, 0.2) is 72.8 Å². The van der Waals surface area contributed by atoms with Crippen molar-refractivity contribution in [2.45, 2.75) is 25.3 Å². The number of nitrogens with two attached hydrogens (primary N) is 1. The number of rotatable bonds is 7.